The number of carbonyl (C=O) groups excluding carboxylic acids is 1. The molecule has 0 atom stereocenters. The van der Waals surface area contributed by atoms with Crippen molar-refractivity contribution in [1.29, 1.82) is 0 Å². The monoisotopic (exact) mass is 559 g/mol. The van der Waals surface area contributed by atoms with E-state index in [4.69, 9.17) is 0 Å². The van der Waals surface area contributed by atoms with Gasteiger partial charge in [0.25, 0.3) is 5.91 Å². The molecule has 1 amide bonds. The highest BCUT2D eigenvalue weighted by atomic mass is 19.1. The molecule has 0 unspecified atom stereocenters. The van der Waals surface area contributed by atoms with E-state index >= 15 is 0 Å². The minimum Gasteiger partial charge on any atom is -0.396 e. The van der Waals surface area contributed by atoms with Gasteiger partial charge in [-0.2, -0.15) is 0 Å². The van der Waals surface area contributed by atoms with Gasteiger partial charge in [0.2, 0.25) is 0 Å². The molecule has 0 aliphatic heterocycles. The van der Waals surface area contributed by atoms with E-state index in [0.717, 1.165) is 50.3 Å². The van der Waals surface area contributed by atoms with Crippen LogP contribution in [0.2, 0.25) is 0 Å². The van der Waals surface area contributed by atoms with Gasteiger partial charge in [0.1, 0.15) is 5.82 Å². The second-order valence-electron chi connectivity index (χ2n) is 11.0. The fourth-order valence-corrected chi connectivity index (χ4v) is 5.33. The molecule has 0 fully saturated rings. The molecule has 0 saturated heterocycles. The molecule has 7 heteroatoms. The number of halogens is 2. The highest BCUT2D eigenvalue weighted by Crippen LogP contribution is 2.42. The zero-order valence-corrected chi connectivity index (χ0v) is 24.0. The molecule has 3 aromatic rings. The molecule has 4 N–H and O–H groups in total. The number of amides is 1. The maximum absolute atomic E-state index is 13.7. The first-order chi connectivity index (χ1) is 19.7. The van der Waals surface area contributed by atoms with E-state index in [9.17, 15) is 18.7 Å². The first-order valence-corrected chi connectivity index (χ1v) is 14.0. The third kappa shape index (κ3) is 7.03. The summed E-state index contributed by atoms with van der Waals surface area (Å²) in [6.07, 6.45) is 2.30. The molecule has 0 saturated carbocycles. The maximum Gasteiger partial charge on any atom is 0.251 e. The Hall–Kier alpha value is -3.97. The summed E-state index contributed by atoms with van der Waals surface area (Å²) < 4.78 is 26.7. The lowest BCUT2D eigenvalue weighted by Gasteiger charge is -2.28. The van der Waals surface area contributed by atoms with Crippen molar-refractivity contribution < 1.29 is 18.7 Å². The van der Waals surface area contributed by atoms with E-state index in [0.29, 0.717) is 37.8 Å². The van der Waals surface area contributed by atoms with Crippen molar-refractivity contribution in [3.05, 3.63) is 95.3 Å². The standard InChI is InChI=1S/C34H39F2N3O2/c1-22(39-34(2,3)15-18-40)24-7-5-8-25(19-24)29-21-30-26(20-31(29)38-17-6-16-35)11-14-28(32(30)33(41)37-4)23-9-12-27(36)13-10-23/h5,7-10,12-13,19-21,38-40H,1,6,11,14-18H2,2-4H3,(H,37,41). The van der Waals surface area contributed by atoms with Gasteiger partial charge in [0, 0.05) is 42.7 Å². The summed E-state index contributed by atoms with van der Waals surface area (Å²) in [5.74, 6) is -0.527. The van der Waals surface area contributed by atoms with Crippen LogP contribution in [0.1, 0.15) is 55.4 Å². The fourth-order valence-electron chi connectivity index (χ4n) is 5.33. The van der Waals surface area contributed by atoms with E-state index in [1.165, 1.54) is 12.1 Å². The van der Waals surface area contributed by atoms with Crippen LogP contribution in [0.5, 0.6) is 0 Å². The van der Waals surface area contributed by atoms with E-state index in [-0.39, 0.29) is 23.9 Å². The minimum atomic E-state index is -0.414. The fraction of sp³-hybridized carbons (Fsp3) is 0.324. The highest BCUT2D eigenvalue weighted by molar-refractivity contribution is 6.28. The first kappa shape index (κ1) is 30.0. The number of allylic oxidation sites excluding steroid dienone is 1. The van der Waals surface area contributed by atoms with E-state index < -0.39 is 6.67 Å². The van der Waals surface area contributed by atoms with Crippen molar-refractivity contribution in [1.82, 2.24) is 10.6 Å². The van der Waals surface area contributed by atoms with Crippen molar-refractivity contribution in [2.75, 3.05) is 32.2 Å². The number of hydrogen-bond donors (Lipinski definition) is 4. The summed E-state index contributed by atoms with van der Waals surface area (Å²) in [4.78, 5) is 13.3. The Labute approximate surface area is 241 Å². The largest absolute Gasteiger partial charge is 0.396 e. The zero-order valence-electron chi connectivity index (χ0n) is 24.0. The molecule has 1 aliphatic rings. The smallest absolute Gasteiger partial charge is 0.251 e. The van der Waals surface area contributed by atoms with Crippen LogP contribution < -0.4 is 16.0 Å². The molecule has 0 bridgehead atoms. The quantitative estimate of drug-likeness (QED) is 0.189. The van der Waals surface area contributed by atoms with Crippen molar-refractivity contribution in [2.24, 2.45) is 0 Å². The number of nitrogens with one attached hydrogen (secondary N) is 3. The topological polar surface area (TPSA) is 73.4 Å². The summed E-state index contributed by atoms with van der Waals surface area (Å²) in [6.45, 7) is 8.40. The third-order valence-corrected chi connectivity index (χ3v) is 7.48. The summed E-state index contributed by atoms with van der Waals surface area (Å²) in [6, 6.07) is 18.3. The molecule has 0 aromatic heterocycles. The Morgan fingerprint density at radius 1 is 1.02 bits per heavy atom. The third-order valence-electron chi connectivity index (χ3n) is 7.48. The van der Waals surface area contributed by atoms with Gasteiger partial charge in [-0.25, -0.2) is 4.39 Å². The summed E-state index contributed by atoms with van der Waals surface area (Å²) in [7, 11) is 1.61. The number of hydrogen-bond acceptors (Lipinski definition) is 4. The number of carbonyl (C=O) groups is 1. The van der Waals surface area contributed by atoms with E-state index in [1.807, 2.05) is 44.2 Å². The van der Waals surface area contributed by atoms with Crippen LogP contribution in [0, 0.1) is 5.82 Å². The van der Waals surface area contributed by atoms with Crippen LogP contribution in [0.25, 0.3) is 28.0 Å². The average molecular weight is 560 g/mol. The molecule has 3 aromatic carbocycles. The molecule has 0 radical (unpaired) electrons. The molecule has 5 nitrogen and oxygen atoms in total. The molecule has 0 spiro atoms. The van der Waals surface area contributed by atoms with Gasteiger partial charge in [-0.05, 0) is 103 Å². The first-order valence-electron chi connectivity index (χ1n) is 14.0. The number of aliphatic hydroxyl groups is 1. The molecular weight excluding hydrogens is 520 g/mol. The van der Waals surface area contributed by atoms with Crippen LogP contribution in [-0.4, -0.2) is 43.4 Å². The van der Waals surface area contributed by atoms with E-state index in [1.54, 1.807) is 19.2 Å². The lowest BCUT2D eigenvalue weighted by atomic mass is 9.80. The number of fused-ring (bicyclic) bond motifs is 1. The molecule has 4 rings (SSSR count). The Bertz CT molecular complexity index is 1440. The van der Waals surface area contributed by atoms with Crippen molar-refractivity contribution in [3.8, 4) is 11.1 Å². The van der Waals surface area contributed by atoms with Gasteiger partial charge in [-0.15, -0.1) is 0 Å². The molecule has 0 heterocycles. The number of likely N-dealkylation sites (N-methyl/N-ethyl adjacent to an activating group) is 1. The Kier molecular flexibility index (Phi) is 9.61. The second-order valence-corrected chi connectivity index (χ2v) is 11.0. The van der Waals surface area contributed by atoms with Gasteiger partial charge in [0.05, 0.1) is 12.2 Å². The van der Waals surface area contributed by atoms with Crippen LogP contribution in [0.4, 0.5) is 14.5 Å². The Balaban J connectivity index is 1.85. The lowest BCUT2D eigenvalue weighted by Crippen LogP contribution is -2.38. The molecule has 41 heavy (non-hydrogen) atoms. The minimum absolute atomic E-state index is 0.0669. The number of anilines is 1. The lowest BCUT2D eigenvalue weighted by molar-refractivity contribution is -0.115. The van der Waals surface area contributed by atoms with Crippen LogP contribution in [-0.2, 0) is 11.2 Å². The number of rotatable bonds is 12. The number of benzene rings is 3. The van der Waals surface area contributed by atoms with Crippen LogP contribution >= 0.6 is 0 Å². The predicted molar refractivity (Wildman–Crippen MR) is 165 cm³/mol. The van der Waals surface area contributed by atoms with Crippen LogP contribution in [0.3, 0.4) is 0 Å². The Morgan fingerprint density at radius 3 is 2.46 bits per heavy atom. The molecular formula is C34H39F2N3O2. The van der Waals surface area contributed by atoms with Crippen molar-refractivity contribution in [2.45, 2.75) is 45.1 Å². The molecule has 216 valence electrons. The van der Waals surface area contributed by atoms with Crippen molar-refractivity contribution in [3.63, 3.8) is 0 Å². The predicted octanol–water partition coefficient (Wildman–Crippen LogP) is 6.59. The van der Waals surface area contributed by atoms with Gasteiger partial charge in [0.15, 0.2) is 0 Å². The summed E-state index contributed by atoms with van der Waals surface area (Å²) in [5, 5.41) is 19.0. The van der Waals surface area contributed by atoms with Gasteiger partial charge < -0.3 is 21.1 Å². The van der Waals surface area contributed by atoms with E-state index in [2.05, 4.69) is 28.6 Å². The van der Waals surface area contributed by atoms with Crippen molar-refractivity contribution >= 4 is 28.4 Å². The van der Waals surface area contributed by atoms with Crippen LogP contribution in [0.15, 0.2) is 67.2 Å². The number of alkyl halides is 1. The summed E-state index contributed by atoms with van der Waals surface area (Å²) in [5.41, 5.74) is 8.08. The highest BCUT2D eigenvalue weighted by Gasteiger charge is 2.27. The van der Waals surface area contributed by atoms with Gasteiger partial charge in [-0.3, -0.25) is 9.18 Å². The normalized spacial score (nSPS) is 13.0. The molecule has 1 aliphatic carbocycles. The number of aryl methyl sites for hydroxylation is 1. The average Bonchev–Trinajstić information content (AvgIpc) is 2.96. The second kappa shape index (κ2) is 13.1. The van der Waals surface area contributed by atoms with Gasteiger partial charge in [-0.1, -0.05) is 36.9 Å². The Morgan fingerprint density at radius 2 is 1.78 bits per heavy atom. The maximum atomic E-state index is 13.7. The van der Waals surface area contributed by atoms with Gasteiger partial charge >= 0.3 is 0 Å². The SMILES string of the molecule is C=C(NC(C)(C)CCO)c1cccc(-c2cc3c(cc2NCCCF)CCC(c2ccc(F)cc2)=C3C(=O)NC)c1. The zero-order chi connectivity index (χ0) is 29.6. The summed E-state index contributed by atoms with van der Waals surface area (Å²) >= 11 is 0. The number of aliphatic hydroxyl groups excluding tert-OH is 1.